The molecular formula is C15H27N3S. The summed E-state index contributed by atoms with van der Waals surface area (Å²) in [6.07, 6.45) is 2.79. The van der Waals surface area contributed by atoms with Gasteiger partial charge in [0.05, 0.1) is 5.69 Å². The normalized spacial score (nSPS) is 15.5. The molecule has 1 aromatic heterocycles. The minimum absolute atomic E-state index is 0.503. The molecule has 1 aliphatic rings. The summed E-state index contributed by atoms with van der Waals surface area (Å²) in [4.78, 5) is 8.62. The average molecular weight is 281 g/mol. The number of nitrogens with one attached hydrogen (secondary N) is 1. The summed E-state index contributed by atoms with van der Waals surface area (Å²) in [5.74, 6) is 1.41. The Kier molecular flexibility index (Phi) is 4.85. The second kappa shape index (κ2) is 6.23. The Morgan fingerprint density at radius 1 is 1.32 bits per heavy atom. The van der Waals surface area contributed by atoms with Gasteiger partial charge in [-0.3, -0.25) is 0 Å². The highest BCUT2D eigenvalue weighted by Crippen LogP contribution is 2.34. The summed E-state index contributed by atoms with van der Waals surface area (Å²) in [6, 6.07) is 0.523. The van der Waals surface area contributed by atoms with Crippen molar-refractivity contribution < 1.29 is 0 Å². The van der Waals surface area contributed by atoms with E-state index in [1.807, 2.05) is 11.3 Å². The van der Waals surface area contributed by atoms with E-state index in [4.69, 9.17) is 4.98 Å². The van der Waals surface area contributed by atoms with Gasteiger partial charge in [-0.1, -0.05) is 27.7 Å². The van der Waals surface area contributed by atoms with Crippen LogP contribution in [0, 0.1) is 5.92 Å². The van der Waals surface area contributed by atoms with Crippen molar-refractivity contribution in [1.29, 1.82) is 0 Å². The summed E-state index contributed by atoms with van der Waals surface area (Å²) in [5, 5.41) is 4.71. The van der Waals surface area contributed by atoms with Crippen LogP contribution in [0.25, 0.3) is 0 Å². The molecule has 0 unspecified atom stereocenters. The summed E-state index contributed by atoms with van der Waals surface area (Å²) in [6.45, 7) is 11.0. The third-order valence-corrected chi connectivity index (χ3v) is 4.67. The molecule has 0 bridgehead atoms. The molecule has 3 nitrogen and oxygen atoms in total. The largest absolute Gasteiger partial charge is 0.351 e. The fourth-order valence-corrected chi connectivity index (χ4v) is 3.29. The summed E-state index contributed by atoms with van der Waals surface area (Å²) >= 11 is 1.86. The lowest BCUT2D eigenvalue weighted by Crippen LogP contribution is -2.22. The van der Waals surface area contributed by atoms with E-state index >= 15 is 0 Å². The van der Waals surface area contributed by atoms with E-state index in [1.165, 1.54) is 35.1 Å². The molecule has 0 saturated heterocycles. The van der Waals surface area contributed by atoms with E-state index in [-0.39, 0.29) is 0 Å². The lowest BCUT2D eigenvalue weighted by molar-refractivity contribution is 0.588. The standard InChI is InChI=1S/C15H27N3S/c1-10(2)14-13(8-16-11(3)4)19-15(17-14)18(5)9-12-6-7-12/h10-12,16H,6-9H2,1-5H3. The van der Waals surface area contributed by atoms with Crippen molar-refractivity contribution in [3.63, 3.8) is 0 Å². The van der Waals surface area contributed by atoms with Crippen molar-refractivity contribution in [2.45, 2.75) is 59.0 Å². The molecule has 0 atom stereocenters. The van der Waals surface area contributed by atoms with Crippen molar-refractivity contribution >= 4 is 16.5 Å². The highest BCUT2D eigenvalue weighted by atomic mass is 32.1. The monoisotopic (exact) mass is 281 g/mol. The second-order valence-corrected chi connectivity index (χ2v) is 7.38. The Labute approximate surface area is 121 Å². The summed E-state index contributed by atoms with van der Waals surface area (Å²) in [5.41, 5.74) is 1.27. The zero-order valence-corrected chi connectivity index (χ0v) is 13.7. The third kappa shape index (κ3) is 4.18. The Bertz CT molecular complexity index is 408. The summed E-state index contributed by atoms with van der Waals surface area (Å²) in [7, 11) is 2.18. The molecule has 0 aromatic carbocycles. The molecular weight excluding hydrogens is 254 g/mol. The van der Waals surface area contributed by atoms with Gasteiger partial charge >= 0.3 is 0 Å². The van der Waals surface area contributed by atoms with Crippen LogP contribution in [0.15, 0.2) is 0 Å². The molecule has 1 N–H and O–H groups in total. The maximum atomic E-state index is 4.87. The molecule has 4 heteroatoms. The van der Waals surface area contributed by atoms with Gasteiger partial charge in [0.1, 0.15) is 0 Å². The quantitative estimate of drug-likeness (QED) is 0.827. The van der Waals surface area contributed by atoms with Crippen molar-refractivity contribution in [3.05, 3.63) is 10.6 Å². The first-order valence-corrected chi connectivity index (χ1v) is 8.23. The molecule has 1 fully saturated rings. The van der Waals surface area contributed by atoms with Gasteiger partial charge in [-0.05, 0) is 24.7 Å². The zero-order chi connectivity index (χ0) is 14.0. The van der Waals surface area contributed by atoms with Crippen LogP contribution < -0.4 is 10.2 Å². The SMILES string of the molecule is CC(C)NCc1sc(N(C)CC2CC2)nc1C(C)C. The Morgan fingerprint density at radius 3 is 2.53 bits per heavy atom. The molecule has 1 heterocycles. The number of hydrogen-bond donors (Lipinski definition) is 1. The van der Waals surface area contributed by atoms with Crippen LogP contribution in [0.5, 0.6) is 0 Å². The van der Waals surface area contributed by atoms with Gasteiger partial charge < -0.3 is 10.2 Å². The molecule has 1 saturated carbocycles. The lowest BCUT2D eigenvalue weighted by atomic mass is 10.1. The van der Waals surface area contributed by atoms with E-state index in [9.17, 15) is 0 Å². The molecule has 0 spiro atoms. The fourth-order valence-electron chi connectivity index (χ4n) is 2.15. The smallest absolute Gasteiger partial charge is 0.185 e. The Morgan fingerprint density at radius 2 is 2.00 bits per heavy atom. The first-order chi connectivity index (χ1) is 8.97. The highest BCUT2D eigenvalue weighted by molar-refractivity contribution is 7.15. The first kappa shape index (κ1) is 14.8. The zero-order valence-electron chi connectivity index (χ0n) is 12.9. The molecule has 0 aliphatic heterocycles. The molecule has 2 rings (SSSR count). The van der Waals surface area contributed by atoms with E-state index < -0.39 is 0 Å². The van der Waals surface area contributed by atoms with Gasteiger partial charge in [0.2, 0.25) is 0 Å². The highest BCUT2D eigenvalue weighted by Gasteiger charge is 2.25. The number of aromatic nitrogens is 1. The van der Waals surface area contributed by atoms with E-state index in [0.29, 0.717) is 12.0 Å². The average Bonchev–Trinajstić information content (AvgIpc) is 3.03. The first-order valence-electron chi connectivity index (χ1n) is 7.41. The Balaban J connectivity index is 2.08. The van der Waals surface area contributed by atoms with Gasteiger partial charge in [0.25, 0.3) is 0 Å². The van der Waals surface area contributed by atoms with Crippen LogP contribution >= 0.6 is 11.3 Å². The molecule has 0 radical (unpaired) electrons. The van der Waals surface area contributed by atoms with Crippen molar-refractivity contribution in [2.75, 3.05) is 18.5 Å². The van der Waals surface area contributed by atoms with Gasteiger partial charge in [-0.15, -0.1) is 11.3 Å². The van der Waals surface area contributed by atoms with Crippen LogP contribution in [0.4, 0.5) is 5.13 Å². The van der Waals surface area contributed by atoms with Crippen molar-refractivity contribution in [2.24, 2.45) is 5.92 Å². The minimum atomic E-state index is 0.503. The number of rotatable bonds is 7. The van der Waals surface area contributed by atoms with E-state index in [2.05, 4.69) is 45.0 Å². The van der Waals surface area contributed by atoms with Crippen LogP contribution in [-0.2, 0) is 6.54 Å². The fraction of sp³-hybridized carbons (Fsp3) is 0.800. The number of anilines is 1. The number of thiazole rings is 1. The van der Waals surface area contributed by atoms with E-state index in [0.717, 1.165) is 12.5 Å². The number of nitrogens with zero attached hydrogens (tertiary/aromatic N) is 2. The number of hydrogen-bond acceptors (Lipinski definition) is 4. The van der Waals surface area contributed by atoms with E-state index in [1.54, 1.807) is 0 Å². The summed E-state index contributed by atoms with van der Waals surface area (Å²) < 4.78 is 0. The molecule has 1 aromatic rings. The predicted octanol–water partition coefficient (Wildman–Crippen LogP) is 3.61. The van der Waals surface area contributed by atoms with Crippen LogP contribution in [0.2, 0.25) is 0 Å². The third-order valence-electron chi connectivity index (χ3n) is 3.49. The van der Waals surface area contributed by atoms with Gasteiger partial charge in [-0.25, -0.2) is 4.98 Å². The van der Waals surface area contributed by atoms with Crippen molar-refractivity contribution in [1.82, 2.24) is 10.3 Å². The van der Waals surface area contributed by atoms with Crippen LogP contribution in [-0.4, -0.2) is 24.6 Å². The van der Waals surface area contributed by atoms with Crippen LogP contribution in [0.1, 0.15) is 57.0 Å². The molecule has 108 valence electrons. The lowest BCUT2D eigenvalue weighted by Gasteiger charge is -2.14. The van der Waals surface area contributed by atoms with Crippen molar-refractivity contribution in [3.8, 4) is 0 Å². The molecule has 1 aliphatic carbocycles. The molecule has 0 amide bonds. The van der Waals surface area contributed by atoms with Gasteiger partial charge in [0.15, 0.2) is 5.13 Å². The maximum Gasteiger partial charge on any atom is 0.185 e. The van der Waals surface area contributed by atoms with Gasteiger partial charge in [-0.2, -0.15) is 0 Å². The second-order valence-electron chi connectivity index (χ2n) is 6.32. The minimum Gasteiger partial charge on any atom is -0.351 e. The Hall–Kier alpha value is -0.610. The molecule has 19 heavy (non-hydrogen) atoms. The van der Waals surface area contributed by atoms with Crippen LogP contribution in [0.3, 0.4) is 0 Å². The topological polar surface area (TPSA) is 28.2 Å². The maximum absolute atomic E-state index is 4.87. The predicted molar refractivity (Wildman–Crippen MR) is 84.2 cm³/mol. The van der Waals surface area contributed by atoms with Gasteiger partial charge in [0, 0.05) is 31.1 Å².